The summed E-state index contributed by atoms with van der Waals surface area (Å²) in [4.78, 5) is 36.8. The van der Waals surface area contributed by atoms with Crippen LogP contribution < -0.4 is 15.5 Å². The van der Waals surface area contributed by atoms with Crippen molar-refractivity contribution in [3.63, 3.8) is 0 Å². The fraction of sp³-hybridized carbons (Fsp3) is 0.500. The van der Waals surface area contributed by atoms with Crippen molar-refractivity contribution in [2.45, 2.75) is 38.0 Å². The molecule has 1 atom stereocenters. The summed E-state index contributed by atoms with van der Waals surface area (Å²) in [5.41, 5.74) is 2.02. The Bertz CT molecular complexity index is 844. The Labute approximate surface area is 175 Å². The van der Waals surface area contributed by atoms with Crippen molar-refractivity contribution >= 4 is 23.5 Å². The van der Waals surface area contributed by atoms with Gasteiger partial charge >= 0.3 is 0 Å². The molecule has 160 valence electrons. The number of methoxy groups -OCH3 is 2. The number of rotatable bonds is 6. The van der Waals surface area contributed by atoms with Gasteiger partial charge in [-0.15, -0.1) is 0 Å². The number of benzene rings is 1. The molecule has 2 aliphatic heterocycles. The number of allylic oxidation sites excluding steroid dienone is 1. The molecule has 2 aliphatic rings. The monoisotopic (exact) mass is 413 g/mol. The SMILES string of the molecule is COC(OC)C1CCN(c2ccc(C(=O)N[C@H]3CCC(=C=O)NC3=C=O)cc2)CC1. The topological polar surface area (TPSA) is 97.0 Å². The van der Waals surface area contributed by atoms with Gasteiger partial charge < -0.3 is 25.0 Å². The number of hydrogen-bond donors (Lipinski definition) is 2. The number of carbonyl (C=O) groups is 1. The van der Waals surface area contributed by atoms with Crippen molar-refractivity contribution < 1.29 is 23.9 Å². The van der Waals surface area contributed by atoms with Crippen LogP contribution in [0.5, 0.6) is 0 Å². The van der Waals surface area contributed by atoms with Crippen molar-refractivity contribution in [1.29, 1.82) is 0 Å². The van der Waals surface area contributed by atoms with Crippen LogP contribution >= 0.6 is 0 Å². The zero-order chi connectivity index (χ0) is 21.5. The molecular weight excluding hydrogens is 386 g/mol. The predicted octanol–water partition coefficient (Wildman–Crippen LogP) is 1.43. The van der Waals surface area contributed by atoms with Gasteiger partial charge in [0.15, 0.2) is 6.29 Å². The molecule has 1 aromatic rings. The molecule has 0 aliphatic carbocycles. The molecule has 0 radical (unpaired) electrons. The third kappa shape index (κ3) is 4.99. The van der Waals surface area contributed by atoms with Gasteiger partial charge in [-0.3, -0.25) is 4.79 Å². The Balaban J connectivity index is 1.57. The lowest BCUT2D eigenvalue weighted by Crippen LogP contribution is -2.43. The number of piperidine rings is 2. The fourth-order valence-corrected chi connectivity index (χ4v) is 4.04. The highest BCUT2D eigenvalue weighted by atomic mass is 16.7. The Morgan fingerprint density at radius 1 is 1.10 bits per heavy atom. The van der Waals surface area contributed by atoms with Gasteiger partial charge in [-0.1, -0.05) is 0 Å². The third-order valence-electron chi connectivity index (χ3n) is 5.74. The van der Waals surface area contributed by atoms with Crippen LogP contribution in [0.25, 0.3) is 0 Å². The molecule has 0 bridgehead atoms. The third-order valence-corrected chi connectivity index (χ3v) is 5.74. The molecule has 2 heterocycles. The van der Waals surface area contributed by atoms with Gasteiger partial charge in [-0.05, 0) is 43.5 Å². The summed E-state index contributed by atoms with van der Waals surface area (Å²) in [6.07, 6.45) is 2.64. The fourth-order valence-electron chi connectivity index (χ4n) is 4.04. The zero-order valence-corrected chi connectivity index (χ0v) is 17.3. The molecule has 1 amide bonds. The highest BCUT2D eigenvalue weighted by molar-refractivity contribution is 5.95. The summed E-state index contributed by atoms with van der Waals surface area (Å²) >= 11 is 0. The standard InChI is InChI=1S/C22H27N3O5/c1-29-22(30-2)16-9-11-25(12-10-16)18-6-3-15(4-7-18)21(28)24-19-8-5-17(13-26)23-20(19)14-27/h3-4,6-7,16,19,22-23H,5,8-12H2,1-2H3,(H,24,28)/t19-/m0/s1. The van der Waals surface area contributed by atoms with E-state index in [0.717, 1.165) is 31.6 Å². The molecule has 2 saturated heterocycles. The molecule has 8 nitrogen and oxygen atoms in total. The van der Waals surface area contributed by atoms with Gasteiger partial charge in [-0.25, -0.2) is 9.59 Å². The average Bonchev–Trinajstić information content (AvgIpc) is 2.80. The summed E-state index contributed by atoms with van der Waals surface area (Å²) in [5, 5.41) is 5.50. The minimum Gasteiger partial charge on any atom is -0.372 e. The van der Waals surface area contributed by atoms with Gasteiger partial charge in [0.1, 0.15) is 23.3 Å². The summed E-state index contributed by atoms with van der Waals surface area (Å²) in [6.45, 7) is 1.79. The minimum atomic E-state index is -0.500. The highest BCUT2D eigenvalue weighted by Crippen LogP contribution is 2.27. The molecule has 0 saturated carbocycles. The number of ether oxygens (including phenoxy) is 2. The van der Waals surface area contributed by atoms with E-state index in [0.29, 0.717) is 30.0 Å². The molecule has 30 heavy (non-hydrogen) atoms. The maximum absolute atomic E-state index is 12.6. The van der Waals surface area contributed by atoms with Crippen LogP contribution in [0.15, 0.2) is 35.7 Å². The van der Waals surface area contributed by atoms with Crippen LogP contribution in [-0.4, -0.2) is 57.4 Å². The second kappa shape index (κ2) is 10.2. The Morgan fingerprint density at radius 3 is 2.33 bits per heavy atom. The molecule has 2 fully saturated rings. The number of amides is 1. The maximum atomic E-state index is 12.6. The van der Waals surface area contributed by atoms with Crippen molar-refractivity contribution in [3.8, 4) is 0 Å². The molecule has 0 aromatic heterocycles. The summed E-state index contributed by atoms with van der Waals surface area (Å²) < 4.78 is 10.8. The molecule has 8 heteroatoms. The van der Waals surface area contributed by atoms with E-state index in [1.165, 1.54) is 0 Å². The first-order valence-electron chi connectivity index (χ1n) is 10.1. The normalized spacial score (nSPS) is 19.8. The molecule has 0 unspecified atom stereocenters. The first-order valence-corrected chi connectivity index (χ1v) is 10.1. The minimum absolute atomic E-state index is 0.151. The summed E-state index contributed by atoms with van der Waals surface area (Å²) in [6, 6.07) is 6.92. The first kappa shape index (κ1) is 21.8. The van der Waals surface area contributed by atoms with E-state index in [-0.39, 0.29) is 17.9 Å². The van der Waals surface area contributed by atoms with Crippen LogP contribution in [0.1, 0.15) is 36.0 Å². The Hall–Kier alpha value is -2.89. The zero-order valence-electron chi connectivity index (χ0n) is 17.3. The largest absolute Gasteiger partial charge is 0.372 e. The predicted molar refractivity (Wildman–Crippen MR) is 111 cm³/mol. The van der Waals surface area contributed by atoms with Crippen LogP contribution in [0, 0.1) is 5.92 Å². The van der Waals surface area contributed by atoms with Crippen LogP contribution in [0.4, 0.5) is 5.69 Å². The van der Waals surface area contributed by atoms with Crippen molar-refractivity contribution in [2.24, 2.45) is 5.92 Å². The Morgan fingerprint density at radius 2 is 1.77 bits per heavy atom. The summed E-state index contributed by atoms with van der Waals surface area (Å²) in [5.74, 6) is 3.61. The van der Waals surface area contributed by atoms with Crippen LogP contribution in [0.2, 0.25) is 0 Å². The molecule has 1 aromatic carbocycles. The number of anilines is 1. The lowest BCUT2D eigenvalue weighted by Gasteiger charge is -2.36. The van der Waals surface area contributed by atoms with E-state index in [1.54, 1.807) is 38.2 Å². The summed E-state index contributed by atoms with van der Waals surface area (Å²) in [7, 11) is 3.33. The Kier molecular flexibility index (Phi) is 7.44. The van der Waals surface area contributed by atoms with Crippen LogP contribution in [-0.2, 0) is 19.1 Å². The number of nitrogens with one attached hydrogen (secondary N) is 2. The number of nitrogens with zero attached hydrogens (tertiary/aromatic N) is 1. The van der Waals surface area contributed by atoms with Crippen molar-refractivity contribution in [3.05, 3.63) is 41.2 Å². The second-order valence-corrected chi connectivity index (χ2v) is 7.50. The van der Waals surface area contributed by atoms with Crippen LogP contribution in [0.3, 0.4) is 0 Å². The van der Waals surface area contributed by atoms with E-state index in [1.807, 2.05) is 12.1 Å². The van der Waals surface area contributed by atoms with E-state index >= 15 is 0 Å². The van der Waals surface area contributed by atoms with Crippen molar-refractivity contribution in [2.75, 3.05) is 32.2 Å². The van der Waals surface area contributed by atoms with Gasteiger partial charge in [0.25, 0.3) is 5.91 Å². The van der Waals surface area contributed by atoms with Gasteiger partial charge in [0, 0.05) is 50.9 Å². The van der Waals surface area contributed by atoms with E-state index in [4.69, 9.17) is 9.47 Å². The van der Waals surface area contributed by atoms with E-state index < -0.39 is 6.04 Å². The number of hydrogen-bond acceptors (Lipinski definition) is 7. The molecular formula is C22H27N3O5. The van der Waals surface area contributed by atoms with E-state index in [9.17, 15) is 14.4 Å². The number of carbonyl (C=O) groups excluding carboxylic acids is 3. The van der Waals surface area contributed by atoms with Crippen molar-refractivity contribution in [1.82, 2.24) is 10.6 Å². The molecule has 3 rings (SSSR count). The molecule has 2 N–H and O–H groups in total. The quantitative estimate of drug-likeness (QED) is 0.538. The smallest absolute Gasteiger partial charge is 0.251 e. The maximum Gasteiger partial charge on any atom is 0.251 e. The van der Waals surface area contributed by atoms with Gasteiger partial charge in [0.2, 0.25) is 0 Å². The molecule has 0 spiro atoms. The first-order chi connectivity index (χ1) is 14.6. The van der Waals surface area contributed by atoms with Gasteiger partial charge in [-0.2, -0.15) is 0 Å². The van der Waals surface area contributed by atoms with Gasteiger partial charge in [0.05, 0.1) is 6.04 Å². The second-order valence-electron chi connectivity index (χ2n) is 7.50. The lowest BCUT2D eigenvalue weighted by molar-refractivity contribution is -0.141. The van der Waals surface area contributed by atoms with E-state index in [2.05, 4.69) is 15.5 Å². The lowest BCUT2D eigenvalue weighted by atomic mass is 9.95. The average molecular weight is 413 g/mol. The highest BCUT2D eigenvalue weighted by Gasteiger charge is 2.27.